The third kappa shape index (κ3) is 6.60. The molecule has 0 radical (unpaired) electrons. The van der Waals surface area contributed by atoms with Gasteiger partial charge in [-0.25, -0.2) is 0 Å². The summed E-state index contributed by atoms with van der Waals surface area (Å²) in [5.41, 5.74) is 0. The van der Waals surface area contributed by atoms with Gasteiger partial charge >= 0.3 is 58.7 Å². The van der Waals surface area contributed by atoms with Gasteiger partial charge in [-0.05, 0) is 25.9 Å². The summed E-state index contributed by atoms with van der Waals surface area (Å²) in [5.74, 6) is 0. The standard InChI is InChI=1S/C5H10BF2N.FH.K/c7-6(8)5-9-3-1-2-4-9;;/h1-5H2;1H;/q;;+1/p-1. The average molecular weight is 191 g/mol. The molecule has 11 heavy (non-hydrogen) atoms. The Kier molecular flexibility index (Phi) is 11.0. The topological polar surface area (TPSA) is 3.24 Å². The molecule has 1 rings (SSSR count). The van der Waals surface area contributed by atoms with E-state index in [1.807, 2.05) is 4.90 Å². The van der Waals surface area contributed by atoms with Crippen LogP contribution in [0.25, 0.3) is 0 Å². The van der Waals surface area contributed by atoms with Crippen LogP contribution in [0.2, 0.25) is 0 Å². The maximum absolute atomic E-state index is 11.6. The van der Waals surface area contributed by atoms with Crippen molar-refractivity contribution in [3.05, 3.63) is 0 Å². The van der Waals surface area contributed by atoms with Crippen LogP contribution in [0.4, 0.5) is 8.63 Å². The summed E-state index contributed by atoms with van der Waals surface area (Å²) in [6.45, 7) is 1.73. The zero-order valence-corrected chi connectivity index (χ0v) is 9.82. The number of nitrogens with zero attached hydrogens (tertiary/aromatic N) is 1. The molecule has 0 atom stereocenters. The fourth-order valence-electron chi connectivity index (χ4n) is 1.16. The van der Waals surface area contributed by atoms with Crippen LogP contribution in [0.3, 0.4) is 0 Å². The Morgan fingerprint density at radius 3 is 2.00 bits per heavy atom. The Morgan fingerprint density at radius 2 is 1.64 bits per heavy atom. The van der Waals surface area contributed by atoms with Gasteiger partial charge < -0.3 is 9.60 Å². The van der Waals surface area contributed by atoms with E-state index < -0.39 is 7.27 Å². The third-order valence-electron chi connectivity index (χ3n) is 1.59. The Labute approximate surface area is 108 Å². The van der Waals surface area contributed by atoms with E-state index in [-0.39, 0.29) is 62.5 Å². The molecule has 0 aromatic carbocycles. The van der Waals surface area contributed by atoms with E-state index in [1.165, 1.54) is 0 Å². The van der Waals surface area contributed by atoms with Gasteiger partial charge in [0, 0.05) is 6.44 Å². The molecule has 0 aromatic heterocycles. The maximum Gasteiger partial charge on any atom is 1.00 e. The molecule has 1 heterocycles. The molecule has 0 amide bonds. The number of rotatable bonds is 2. The van der Waals surface area contributed by atoms with Crippen molar-refractivity contribution in [2.24, 2.45) is 0 Å². The van der Waals surface area contributed by atoms with E-state index >= 15 is 0 Å². The second kappa shape index (κ2) is 8.07. The molecule has 1 aliphatic heterocycles. The quantitative estimate of drug-likeness (QED) is 0.395. The zero-order chi connectivity index (χ0) is 6.69. The number of halogens is 3. The van der Waals surface area contributed by atoms with E-state index in [1.54, 1.807) is 0 Å². The molecule has 0 spiro atoms. The molecule has 1 saturated heterocycles. The molecule has 1 nitrogen and oxygen atoms in total. The van der Waals surface area contributed by atoms with Crippen molar-refractivity contribution in [3.63, 3.8) is 0 Å². The van der Waals surface area contributed by atoms with E-state index in [4.69, 9.17) is 0 Å². The molecular formula is C5H10BF3KN. The van der Waals surface area contributed by atoms with Crippen molar-refractivity contribution < 1.29 is 64.7 Å². The van der Waals surface area contributed by atoms with Crippen molar-refractivity contribution in [1.29, 1.82) is 0 Å². The summed E-state index contributed by atoms with van der Waals surface area (Å²) in [6.07, 6.45) is 2.15. The third-order valence-corrected chi connectivity index (χ3v) is 1.59. The fraction of sp³-hybridized carbons (Fsp3) is 1.00. The van der Waals surface area contributed by atoms with Crippen molar-refractivity contribution in [3.8, 4) is 0 Å². The second-order valence-electron chi connectivity index (χ2n) is 2.40. The minimum atomic E-state index is -2.15. The van der Waals surface area contributed by atoms with Gasteiger partial charge in [0.15, 0.2) is 0 Å². The van der Waals surface area contributed by atoms with Gasteiger partial charge in [0.05, 0.1) is 0 Å². The summed E-state index contributed by atoms with van der Waals surface area (Å²) in [6, 6.07) is 0. The summed E-state index contributed by atoms with van der Waals surface area (Å²) < 4.78 is 23.3. The summed E-state index contributed by atoms with van der Waals surface area (Å²) in [4.78, 5) is 1.81. The van der Waals surface area contributed by atoms with Gasteiger partial charge in [-0.15, -0.1) is 0 Å². The van der Waals surface area contributed by atoms with Gasteiger partial charge in [0.2, 0.25) is 0 Å². The van der Waals surface area contributed by atoms with Gasteiger partial charge in [-0.1, -0.05) is 0 Å². The fourth-order valence-corrected chi connectivity index (χ4v) is 1.16. The first-order valence-corrected chi connectivity index (χ1v) is 3.29. The molecule has 0 saturated carbocycles. The van der Waals surface area contributed by atoms with Crippen molar-refractivity contribution >= 4 is 7.27 Å². The van der Waals surface area contributed by atoms with Gasteiger partial charge in [-0.2, -0.15) is 0 Å². The average Bonchev–Trinajstić information content (AvgIpc) is 2.15. The van der Waals surface area contributed by atoms with E-state index in [0.29, 0.717) is 0 Å². The van der Waals surface area contributed by atoms with Gasteiger partial charge in [0.25, 0.3) is 0 Å². The van der Waals surface area contributed by atoms with Gasteiger partial charge in [-0.3, -0.25) is 8.63 Å². The van der Waals surface area contributed by atoms with Crippen LogP contribution >= 0.6 is 0 Å². The number of hydrogen-bond donors (Lipinski definition) is 0. The van der Waals surface area contributed by atoms with Crippen molar-refractivity contribution in [2.75, 3.05) is 19.5 Å². The first kappa shape index (κ1) is 14.9. The van der Waals surface area contributed by atoms with Crippen LogP contribution in [0.15, 0.2) is 0 Å². The Hall–Kier alpha value is 1.45. The minimum Gasteiger partial charge on any atom is -1.00 e. The van der Waals surface area contributed by atoms with E-state index in [9.17, 15) is 8.63 Å². The molecule has 1 fully saturated rings. The molecule has 0 bridgehead atoms. The largest absolute Gasteiger partial charge is 1.00 e. The summed E-state index contributed by atoms with van der Waals surface area (Å²) >= 11 is 0. The van der Waals surface area contributed by atoms with E-state index in [0.717, 1.165) is 25.9 Å². The van der Waals surface area contributed by atoms with Crippen LogP contribution in [-0.4, -0.2) is 31.7 Å². The molecular weight excluding hydrogens is 181 g/mol. The van der Waals surface area contributed by atoms with Crippen LogP contribution in [0, 0.1) is 0 Å². The second-order valence-corrected chi connectivity index (χ2v) is 2.40. The Balaban J connectivity index is 0. The predicted molar refractivity (Wildman–Crippen MR) is 33.6 cm³/mol. The molecule has 1 aliphatic rings. The summed E-state index contributed by atoms with van der Waals surface area (Å²) in [5, 5.41) is 0. The van der Waals surface area contributed by atoms with Crippen molar-refractivity contribution in [1.82, 2.24) is 4.90 Å². The van der Waals surface area contributed by atoms with Crippen LogP contribution < -0.4 is 56.1 Å². The van der Waals surface area contributed by atoms with Crippen molar-refractivity contribution in [2.45, 2.75) is 12.8 Å². The summed E-state index contributed by atoms with van der Waals surface area (Å²) in [7, 11) is -2.15. The number of hydrogen-bond acceptors (Lipinski definition) is 1. The molecule has 0 aromatic rings. The normalized spacial score (nSPS) is 16.9. The molecule has 60 valence electrons. The Morgan fingerprint density at radius 1 is 1.18 bits per heavy atom. The number of likely N-dealkylation sites (tertiary alicyclic amines) is 1. The minimum absolute atomic E-state index is 0. The molecule has 0 aliphatic carbocycles. The maximum atomic E-state index is 11.6. The first-order chi connectivity index (χ1) is 4.29. The zero-order valence-electron chi connectivity index (χ0n) is 6.69. The van der Waals surface area contributed by atoms with Crippen LogP contribution in [-0.2, 0) is 0 Å². The van der Waals surface area contributed by atoms with Gasteiger partial charge in [0.1, 0.15) is 0 Å². The SMILES string of the molecule is FB(F)CN1CCCC1.[F-].[K+]. The van der Waals surface area contributed by atoms with Crippen LogP contribution in [0.5, 0.6) is 0 Å². The van der Waals surface area contributed by atoms with Crippen LogP contribution in [0.1, 0.15) is 12.8 Å². The monoisotopic (exact) mass is 191 g/mol. The smallest absolute Gasteiger partial charge is 1.00 e. The molecule has 0 unspecified atom stereocenters. The molecule has 6 heteroatoms. The molecule has 0 N–H and O–H groups in total. The Bertz CT molecular complexity index is 89.8. The first-order valence-electron chi connectivity index (χ1n) is 3.29. The predicted octanol–water partition coefficient (Wildman–Crippen LogP) is -4.94. The van der Waals surface area contributed by atoms with E-state index in [2.05, 4.69) is 0 Å².